The van der Waals surface area contributed by atoms with Crippen LogP contribution in [-0.2, 0) is 6.42 Å². The van der Waals surface area contributed by atoms with Gasteiger partial charge in [0.05, 0.1) is 12.7 Å². The SMILES string of the molecule is COc1ccc(Cl)cc1-c1nnc(CCCCl)s1. The van der Waals surface area contributed by atoms with E-state index in [0.29, 0.717) is 10.9 Å². The Labute approximate surface area is 120 Å². The molecule has 0 atom stereocenters. The molecule has 0 radical (unpaired) electrons. The monoisotopic (exact) mass is 302 g/mol. The molecule has 1 aromatic carbocycles. The quantitative estimate of drug-likeness (QED) is 0.782. The standard InChI is InChI=1S/C12H12Cl2N2OS/c1-17-10-5-4-8(14)7-9(10)12-16-15-11(18-12)3-2-6-13/h4-5,7H,2-3,6H2,1H3. The molecule has 0 aliphatic rings. The highest BCUT2D eigenvalue weighted by Gasteiger charge is 2.12. The highest BCUT2D eigenvalue weighted by atomic mass is 35.5. The van der Waals surface area contributed by atoms with Gasteiger partial charge >= 0.3 is 0 Å². The van der Waals surface area contributed by atoms with Crippen LogP contribution in [0.3, 0.4) is 0 Å². The predicted molar refractivity (Wildman–Crippen MR) is 75.9 cm³/mol. The summed E-state index contributed by atoms with van der Waals surface area (Å²) in [6, 6.07) is 5.46. The topological polar surface area (TPSA) is 35.0 Å². The van der Waals surface area contributed by atoms with E-state index in [0.717, 1.165) is 34.2 Å². The van der Waals surface area contributed by atoms with Crippen LogP contribution in [0.4, 0.5) is 0 Å². The maximum atomic E-state index is 6.00. The van der Waals surface area contributed by atoms with Gasteiger partial charge < -0.3 is 4.74 Å². The number of aryl methyl sites for hydroxylation is 1. The van der Waals surface area contributed by atoms with Gasteiger partial charge in [0.2, 0.25) is 0 Å². The molecule has 2 aromatic rings. The van der Waals surface area contributed by atoms with Gasteiger partial charge in [-0.15, -0.1) is 21.8 Å². The smallest absolute Gasteiger partial charge is 0.151 e. The molecule has 0 fully saturated rings. The van der Waals surface area contributed by atoms with E-state index in [1.165, 1.54) is 0 Å². The van der Waals surface area contributed by atoms with Crippen molar-refractivity contribution in [3.63, 3.8) is 0 Å². The van der Waals surface area contributed by atoms with Gasteiger partial charge in [-0.25, -0.2) is 0 Å². The number of halogens is 2. The van der Waals surface area contributed by atoms with Crippen LogP contribution < -0.4 is 4.74 Å². The Morgan fingerprint density at radius 1 is 1.33 bits per heavy atom. The molecule has 1 aromatic heterocycles. The molecular weight excluding hydrogens is 291 g/mol. The largest absolute Gasteiger partial charge is 0.496 e. The summed E-state index contributed by atoms with van der Waals surface area (Å²) in [4.78, 5) is 0. The zero-order chi connectivity index (χ0) is 13.0. The number of hydrogen-bond acceptors (Lipinski definition) is 4. The van der Waals surface area contributed by atoms with Gasteiger partial charge in [0, 0.05) is 17.3 Å². The van der Waals surface area contributed by atoms with Crippen LogP contribution in [0, 0.1) is 0 Å². The third kappa shape index (κ3) is 3.13. The second-order valence-electron chi connectivity index (χ2n) is 3.64. The van der Waals surface area contributed by atoms with Crippen LogP contribution in [0.1, 0.15) is 11.4 Å². The van der Waals surface area contributed by atoms with E-state index >= 15 is 0 Å². The molecule has 1 heterocycles. The van der Waals surface area contributed by atoms with Gasteiger partial charge in [0.1, 0.15) is 10.8 Å². The minimum atomic E-state index is 0.634. The number of hydrogen-bond donors (Lipinski definition) is 0. The first-order chi connectivity index (χ1) is 8.74. The van der Waals surface area contributed by atoms with E-state index in [-0.39, 0.29) is 0 Å². The second kappa shape index (κ2) is 6.36. The van der Waals surface area contributed by atoms with Crippen molar-refractivity contribution in [2.45, 2.75) is 12.8 Å². The Morgan fingerprint density at radius 3 is 2.89 bits per heavy atom. The first kappa shape index (κ1) is 13.6. The number of aromatic nitrogens is 2. The number of ether oxygens (including phenoxy) is 1. The Balaban J connectivity index is 2.30. The van der Waals surface area contributed by atoms with Crippen LogP contribution in [0.5, 0.6) is 5.75 Å². The van der Waals surface area contributed by atoms with Gasteiger partial charge in [-0.3, -0.25) is 0 Å². The molecular formula is C12H12Cl2N2OS. The van der Waals surface area contributed by atoms with E-state index < -0.39 is 0 Å². The van der Waals surface area contributed by atoms with E-state index in [4.69, 9.17) is 27.9 Å². The van der Waals surface area contributed by atoms with Crippen molar-refractivity contribution in [1.29, 1.82) is 0 Å². The molecule has 0 saturated heterocycles. The lowest BCUT2D eigenvalue weighted by Gasteiger charge is -2.05. The number of nitrogens with zero attached hydrogens (tertiary/aromatic N) is 2. The molecule has 0 aliphatic carbocycles. The number of methoxy groups -OCH3 is 1. The summed E-state index contributed by atoms with van der Waals surface area (Å²) in [5.41, 5.74) is 0.875. The van der Waals surface area contributed by atoms with Crippen LogP contribution in [0.25, 0.3) is 10.6 Å². The fourth-order valence-corrected chi connectivity index (χ4v) is 2.74. The van der Waals surface area contributed by atoms with Gasteiger partial charge in [-0.1, -0.05) is 22.9 Å². The summed E-state index contributed by atoms with van der Waals surface area (Å²) < 4.78 is 5.30. The summed E-state index contributed by atoms with van der Waals surface area (Å²) in [7, 11) is 1.63. The first-order valence-corrected chi connectivity index (χ1v) is 7.19. The fourth-order valence-electron chi connectivity index (χ4n) is 1.53. The van der Waals surface area contributed by atoms with Crippen LogP contribution in [-0.4, -0.2) is 23.2 Å². The minimum Gasteiger partial charge on any atom is -0.496 e. The lowest BCUT2D eigenvalue weighted by atomic mass is 10.2. The molecule has 18 heavy (non-hydrogen) atoms. The lowest BCUT2D eigenvalue weighted by molar-refractivity contribution is 0.416. The van der Waals surface area contributed by atoms with E-state index in [9.17, 15) is 0 Å². The van der Waals surface area contributed by atoms with Crippen molar-refractivity contribution in [3.05, 3.63) is 28.2 Å². The van der Waals surface area contributed by atoms with E-state index in [1.807, 2.05) is 12.1 Å². The molecule has 3 nitrogen and oxygen atoms in total. The Hall–Kier alpha value is -0.840. The molecule has 0 N–H and O–H groups in total. The number of alkyl halides is 1. The number of rotatable bonds is 5. The fraction of sp³-hybridized carbons (Fsp3) is 0.333. The van der Waals surface area contributed by atoms with Crippen molar-refractivity contribution in [2.24, 2.45) is 0 Å². The van der Waals surface area contributed by atoms with Gasteiger partial charge in [-0.05, 0) is 24.6 Å². The van der Waals surface area contributed by atoms with Crippen molar-refractivity contribution in [1.82, 2.24) is 10.2 Å². The normalized spacial score (nSPS) is 10.6. The average Bonchev–Trinajstić information content (AvgIpc) is 2.85. The highest BCUT2D eigenvalue weighted by Crippen LogP contribution is 2.34. The highest BCUT2D eigenvalue weighted by molar-refractivity contribution is 7.14. The van der Waals surface area contributed by atoms with Crippen LogP contribution >= 0.6 is 34.5 Å². The predicted octanol–water partition coefficient (Wildman–Crippen LogP) is 4.04. The van der Waals surface area contributed by atoms with E-state index in [2.05, 4.69) is 10.2 Å². The second-order valence-corrected chi connectivity index (χ2v) is 5.51. The summed E-state index contributed by atoms with van der Waals surface area (Å²) >= 11 is 13.2. The molecule has 0 saturated carbocycles. The van der Waals surface area contributed by atoms with Gasteiger partial charge in [0.15, 0.2) is 5.01 Å². The molecule has 96 valence electrons. The Morgan fingerprint density at radius 2 is 2.17 bits per heavy atom. The molecule has 0 amide bonds. The average molecular weight is 303 g/mol. The molecule has 2 rings (SSSR count). The molecule has 0 bridgehead atoms. The summed E-state index contributed by atoms with van der Waals surface area (Å²) in [6.45, 7) is 0. The van der Waals surface area contributed by atoms with Crippen molar-refractivity contribution >= 4 is 34.5 Å². The maximum absolute atomic E-state index is 6.00. The first-order valence-electron chi connectivity index (χ1n) is 5.47. The van der Waals surface area contributed by atoms with Crippen molar-refractivity contribution in [3.8, 4) is 16.3 Å². The molecule has 0 aliphatic heterocycles. The third-order valence-corrected chi connectivity index (χ3v) is 3.90. The van der Waals surface area contributed by atoms with Crippen LogP contribution in [0.2, 0.25) is 5.02 Å². The third-order valence-electron chi connectivity index (χ3n) is 2.38. The van der Waals surface area contributed by atoms with Gasteiger partial charge in [0.25, 0.3) is 0 Å². The van der Waals surface area contributed by atoms with Crippen LogP contribution in [0.15, 0.2) is 18.2 Å². The van der Waals surface area contributed by atoms with Crippen molar-refractivity contribution < 1.29 is 4.74 Å². The zero-order valence-electron chi connectivity index (χ0n) is 9.82. The Bertz CT molecular complexity index is 531. The molecule has 6 heteroatoms. The summed E-state index contributed by atoms with van der Waals surface area (Å²) in [5, 5.41) is 10.8. The van der Waals surface area contributed by atoms with Gasteiger partial charge in [-0.2, -0.15) is 0 Å². The van der Waals surface area contributed by atoms with Crippen molar-refractivity contribution in [2.75, 3.05) is 13.0 Å². The molecule has 0 unspecified atom stereocenters. The Kier molecular flexibility index (Phi) is 4.80. The molecule has 0 spiro atoms. The summed E-state index contributed by atoms with van der Waals surface area (Å²) in [5.74, 6) is 1.38. The van der Waals surface area contributed by atoms with E-state index in [1.54, 1.807) is 24.5 Å². The summed E-state index contributed by atoms with van der Waals surface area (Å²) in [6.07, 6.45) is 1.76. The number of benzene rings is 1. The lowest BCUT2D eigenvalue weighted by Crippen LogP contribution is -1.87. The maximum Gasteiger partial charge on any atom is 0.151 e. The zero-order valence-corrected chi connectivity index (χ0v) is 12.1. The minimum absolute atomic E-state index is 0.634.